The minimum absolute atomic E-state index is 0.139. The van der Waals surface area contributed by atoms with Crippen molar-refractivity contribution < 1.29 is 23.2 Å². The van der Waals surface area contributed by atoms with E-state index in [1.807, 2.05) is 0 Å². The van der Waals surface area contributed by atoms with Gasteiger partial charge in [-0.2, -0.15) is 0 Å². The molecule has 2 aliphatic rings. The van der Waals surface area contributed by atoms with Crippen LogP contribution in [-0.2, 0) is 9.59 Å². The van der Waals surface area contributed by atoms with E-state index in [1.165, 1.54) is 0 Å². The SMILES string of the molecule is CC1NC(=O)CCC1N1C(=O)NC(CC(F)F)C1=O. The minimum atomic E-state index is -2.65. The number of amides is 4. The molecule has 2 N–H and O–H groups in total. The van der Waals surface area contributed by atoms with Crippen LogP contribution in [0.15, 0.2) is 0 Å². The Kier molecular flexibility index (Phi) is 3.68. The second-order valence-corrected chi connectivity index (χ2v) is 4.80. The lowest BCUT2D eigenvalue weighted by molar-refractivity contribution is -0.133. The molecule has 0 aliphatic carbocycles. The van der Waals surface area contributed by atoms with Gasteiger partial charge in [-0.3, -0.25) is 14.5 Å². The van der Waals surface area contributed by atoms with Crippen LogP contribution in [0.25, 0.3) is 0 Å². The predicted molar refractivity (Wildman–Crippen MR) is 60.4 cm³/mol. The molecular formula is C11H15F2N3O3. The van der Waals surface area contributed by atoms with Crippen LogP contribution in [0, 0.1) is 0 Å². The van der Waals surface area contributed by atoms with E-state index >= 15 is 0 Å². The topological polar surface area (TPSA) is 78.5 Å². The smallest absolute Gasteiger partial charge is 0.325 e. The molecule has 0 aromatic heterocycles. The Bertz CT molecular complexity index is 416. The molecule has 0 aromatic carbocycles. The van der Waals surface area contributed by atoms with Gasteiger partial charge in [0.2, 0.25) is 12.3 Å². The van der Waals surface area contributed by atoms with Crippen molar-refractivity contribution in [1.82, 2.24) is 15.5 Å². The molecule has 0 aromatic rings. The molecule has 3 unspecified atom stereocenters. The van der Waals surface area contributed by atoms with Crippen molar-refractivity contribution in [2.45, 2.75) is 50.7 Å². The third-order valence-corrected chi connectivity index (χ3v) is 3.43. The Morgan fingerprint density at radius 2 is 2.00 bits per heavy atom. The van der Waals surface area contributed by atoms with E-state index in [1.54, 1.807) is 6.92 Å². The molecule has 2 saturated heterocycles. The summed E-state index contributed by atoms with van der Waals surface area (Å²) >= 11 is 0. The van der Waals surface area contributed by atoms with Crippen LogP contribution in [0.4, 0.5) is 13.6 Å². The second kappa shape index (κ2) is 5.10. The van der Waals surface area contributed by atoms with Crippen LogP contribution in [0.1, 0.15) is 26.2 Å². The molecule has 4 amide bonds. The number of carbonyl (C=O) groups is 3. The number of hydrogen-bond donors (Lipinski definition) is 2. The average Bonchev–Trinajstić information content (AvgIpc) is 2.55. The lowest BCUT2D eigenvalue weighted by Crippen LogP contribution is -2.56. The number of nitrogens with zero attached hydrogens (tertiary/aromatic N) is 1. The van der Waals surface area contributed by atoms with Gasteiger partial charge in [-0.05, 0) is 13.3 Å². The molecule has 2 aliphatic heterocycles. The summed E-state index contributed by atoms with van der Waals surface area (Å²) in [4.78, 5) is 35.9. The molecule has 2 heterocycles. The van der Waals surface area contributed by atoms with E-state index in [0.29, 0.717) is 6.42 Å². The van der Waals surface area contributed by atoms with Gasteiger partial charge < -0.3 is 10.6 Å². The zero-order valence-electron chi connectivity index (χ0n) is 10.4. The maximum absolute atomic E-state index is 12.3. The van der Waals surface area contributed by atoms with Crippen molar-refractivity contribution in [3.63, 3.8) is 0 Å². The number of rotatable bonds is 3. The third-order valence-electron chi connectivity index (χ3n) is 3.43. The highest BCUT2D eigenvalue weighted by atomic mass is 19.3. The fraction of sp³-hybridized carbons (Fsp3) is 0.727. The Morgan fingerprint density at radius 3 is 2.58 bits per heavy atom. The number of halogens is 2. The lowest BCUT2D eigenvalue weighted by Gasteiger charge is -2.34. The average molecular weight is 275 g/mol. The molecule has 0 saturated carbocycles. The minimum Gasteiger partial charge on any atom is -0.352 e. The van der Waals surface area contributed by atoms with Crippen LogP contribution in [0.5, 0.6) is 0 Å². The molecule has 0 bridgehead atoms. The van der Waals surface area contributed by atoms with Gasteiger partial charge in [0.15, 0.2) is 0 Å². The Balaban J connectivity index is 2.09. The summed E-state index contributed by atoms with van der Waals surface area (Å²) in [6.07, 6.45) is -2.77. The number of piperidine rings is 1. The standard InChI is InChI=1S/C11H15F2N3O3/c1-5-7(2-3-9(17)14-5)16-10(18)6(4-8(12)13)15-11(16)19/h5-8H,2-4H2,1H3,(H,14,17)(H,15,19). The first kappa shape index (κ1) is 13.7. The van der Waals surface area contributed by atoms with Crippen molar-refractivity contribution in [2.24, 2.45) is 0 Å². The van der Waals surface area contributed by atoms with Crippen LogP contribution in [0.3, 0.4) is 0 Å². The van der Waals surface area contributed by atoms with Gasteiger partial charge in [0.1, 0.15) is 6.04 Å². The van der Waals surface area contributed by atoms with E-state index in [-0.39, 0.29) is 18.4 Å². The van der Waals surface area contributed by atoms with Gasteiger partial charge in [-0.1, -0.05) is 0 Å². The van der Waals surface area contributed by atoms with Crippen molar-refractivity contribution in [2.75, 3.05) is 0 Å². The Labute approximate surface area is 108 Å². The summed E-state index contributed by atoms with van der Waals surface area (Å²) in [5.74, 6) is -0.779. The molecule has 6 nitrogen and oxygen atoms in total. The summed E-state index contributed by atoms with van der Waals surface area (Å²) in [6, 6.07) is -2.69. The van der Waals surface area contributed by atoms with E-state index in [2.05, 4.69) is 10.6 Å². The number of alkyl halides is 2. The van der Waals surface area contributed by atoms with E-state index < -0.39 is 36.9 Å². The van der Waals surface area contributed by atoms with Gasteiger partial charge in [-0.15, -0.1) is 0 Å². The zero-order chi connectivity index (χ0) is 14.2. The normalized spacial score (nSPS) is 31.7. The van der Waals surface area contributed by atoms with Crippen LogP contribution >= 0.6 is 0 Å². The second-order valence-electron chi connectivity index (χ2n) is 4.80. The summed E-state index contributed by atoms with van der Waals surface area (Å²) in [5.41, 5.74) is 0. The first-order valence-corrected chi connectivity index (χ1v) is 6.11. The summed E-state index contributed by atoms with van der Waals surface area (Å²) in [5, 5.41) is 4.90. The fourth-order valence-electron chi connectivity index (χ4n) is 2.50. The van der Waals surface area contributed by atoms with Crippen molar-refractivity contribution in [3.8, 4) is 0 Å². The summed E-state index contributed by atoms with van der Waals surface area (Å²) < 4.78 is 24.6. The highest BCUT2D eigenvalue weighted by Crippen LogP contribution is 2.22. The number of urea groups is 1. The summed E-state index contributed by atoms with van der Waals surface area (Å²) in [6.45, 7) is 1.68. The lowest BCUT2D eigenvalue weighted by atomic mass is 9.97. The number of nitrogens with one attached hydrogen (secondary N) is 2. The van der Waals surface area contributed by atoms with Gasteiger partial charge in [0.25, 0.3) is 5.91 Å². The molecule has 106 valence electrons. The fourth-order valence-corrected chi connectivity index (χ4v) is 2.50. The van der Waals surface area contributed by atoms with Crippen molar-refractivity contribution >= 4 is 17.8 Å². The van der Waals surface area contributed by atoms with Crippen LogP contribution < -0.4 is 10.6 Å². The molecule has 8 heteroatoms. The molecule has 19 heavy (non-hydrogen) atoms. The number of carbonyl (C=O) groups excluding carboxylic acids is 3. The molecule has 2 fully saturated rings. The first-order valence-electron chi connectivity index (χ1n) is 6.11. The van der Waals surface area contributed by atoms with Gasteiger partial charge in [-0.25, -0.2) is 13.6 Å². The third kappa shape index (κ3) is 2.66. The van der Waals surface area contributed by atoms with Crippen molar-refractivity contribution in [1.29, 1.82) is 0 Å². The van der Waals surface area contributed by atoms with Gasteiger partial charge >= 0.3 is 6.03 Å². The molecule has 0 radical (unpaired) electrons. The Hall–Kier alpha value is -1.73. The monoisotopic (exact) mass is 275 g/mol. The largest absolute Gasteiger partial charge is 0.352 e. The summed E-state index contributed by atoms with van der Waals surface area (Å²) in [7, 11) is 0. The maximum atomic E-state index is 12.3. The van der Waals surface area contributed by atoms with Crippen LogP contribution in [-0.4, -0.2) is 47.3 Å². The van der Waals surface area contributed by atoms with Crippen molar-refractivity contribution in [3.05, 3.63) is 0 Å². The van der Waals surface area contributed by atoms with Gasteiger partial charge in [0.05, 0.1) is 6.04 Å². The highest BCUT2D eigenvalue weighted by molar-refractivity contribution is 6.04. The molecule has 2 rings (SSSR count). The zero-order valence-corrected chi connectivity index (χ0v) is 10.4. The van der Waals surface area contributed by atoms with E-state index in [9.17, 15) is 23.2 Å². The number of imide groups is 1. The number of hydrogen-bond acceptors (Lipinski definition) is 3. The first-order chi connectivity index (χ1) is 8.90. The quantitative estimate of drug-likeness (QED) is 0.724. The van der Waals surface area contributed by atoms with Crippen LogP contribution in [0.2, 0.25) is 0 Å². The van der Waals surface area contributed by atoms with E-state index in [4.69, 9.17) is 0 Å². The van der Waals surface area contributed by atoms with E-state index in [0.717, 1.165) is 4.90 Å². The molecular weight excluding hydrogens is 260 g/mol. The van der Waals surface area contributed by atoms with Gasteiger partial charge in [0, 0.05) is 18.9 Å². The predicted octanol–water partition coefficient (Wildman–Crippen LogP) is 0.229. The molecule has 0 spiro atoms. The Morgan fingerprint density at radius 1 is 1.32 bits per heavy atom. The maximum Gasteiger partial charge on any atom is 0.325 e. The molecule has 3 atom stereocenters. The highest BCUT2D eigenvalue weighted by Gasteiger charge is 2.45.